The normalized spacial score (nSPS) is 11.5. The minimum atomic E-state index is -5.19. The fourth-order valence-corrected chi connectivity index (χ4v) is 4.62. The van der Waals surface area contributed by atoms with Gasteiger partial charge in [-0.15, -0.1) is 0 Å². The van der Waals surface area contributed by atoms with Crippen molar-refractivity contribution in [2.24, 2.45) is 5.73 Å². The van der Waals surface area contributed by atoms with Crippen LogP contribution in [0.5, 0.6) is 5.75 Å². The number of carboxylic acids is 2. The van der Waals surface area contributed by atoms with Crippen LogP contribution in [0.4, 0.5) is 26.3 Å². The Hall–Kier alpha value is -4.15. The summed E-state index contributed by atoms with van der Waals surface area (Å²) in [6.45, 7) is 7.33. The van der Waals surface area contributed by atoms with Gasteiger partial charge < -0.3 is 40.5 Å². The second-order valence-corrected chi connectivity index (χ2v) is 12.8. The van der Waals surface area contributed by atoms with Gasteiger partial charge in [0.2, 0.25) is 0 Å². The molecule has 1 amide bonds. The second-order valence-electron chi connectivity index (χ2n) is 9.56. The number of aryl methyl sites for hydroxylation is 1. The number of rotatable bonds is 10. The Labute approximate surface area is 258 Å². The maximum absolute atomic E-state index is 12.3. The van der Waals surface area contributed by atoms with E-state index in [2.05, 4.69) is 9.88 Å². The Morgan fingerprint density at radius 1 is 1.04 bits per heavy atom. The van der Waals surface area contributed by atoms with E-state index in [1.807, 2.05) is 54.0 Å². The number of aliphatic hydroxyl groups is 1. The first-order valence-corrected chi connectivity index (χ1v) is 15.8. The molecular weight excluding hydrogens is 653 g/mol. The molecule has 0 saturated heterocycles. The molecule has 0 unspecified atom stereocenters. The van der Waals surface area contributed by atoms with Gasteiger partial charge in [-0.2, -0.15) is 26.3 Å². The summed E-state index contributed by atoms with van der Waals surface area (Å²) in [5, 5.41) is 29.0. The molecule has 1 heterocycles. The van der Waals surface area contributed by atoms with Crippen LogP contribution >= 0.6 is 7.14 Å². The van der Waals surface area contributed by atoms with Crippen molar-refractivity contribution in [3.8, 4) is 5.75 Å². The average molecular weight is 687 g/mol. The lowest BCUT2D eigenvalue weighted by atomic mass is 10.2. The van der Waals surface area contributed by atoms with Crippen LogP contribution in [0, 0.1) is 0 Å². The molecule has 1 aromatic heterocycles. The molecule has 0 aliphatic rings. The van der Waals surface area contributed by atoms with Crippen LogP contribution in [0.15, 0.2) is 42.5 Å². The highest BCUT2D eigenvalue weighted by Gasteiger charge is 2.38. The number of aromatic nitrogens is 2. The highest BCUT2D eigenvalue weighted by Crippen LogP contribution is 2.34. The van der Waals surface area contributed by atoms with Crippen LogP contribution < -0.4 is 30.8 Å². The molecule has 0 spiro atoms. The van der Waals surface area contributed by atoms with Crippen LogP contribution in [-0.2, 0) is 45.1 Å². The van der Waals surface area contributed by atoms with E-state index >= 15 is 0 Å². The number of aliphatic hydroxyl groups excluding tert-OH is 1. The number of hydrogen-bond acceptors (Lipinski definition) is 8. The molecule has 0 atom stereocenters. The van der Waals surface area contributed by atoms with Crippen molar-refractivity contribution in [1.29, 1.82) is 0 Å². The molecule has 0 aliphatic carbocycles. The summed E-state index contributed by atoms with van der Waals surface area (Å²) >= 11 is 0. The fraction of sp³-hybridized carbons (Fsp3) is 0.407. The largest absolute Gasteiger partial charge is 0.542 e. The standard InChI is InChI=1S/C23H31N4O4P.2C2HF3O2/c1-4-26-20-10-7-18(13-21(20)27(11-12-28)23(26)14-24)31-16-22(29)25-15-17-5-8-19(9-6-17)32(2,3)30;2*3-2(4,5)1(6)7/h5-10,13,28H,4,11-12,14-16,24H2,1-3H3;2*(H,6,7). The summed E-state index contributed by atoms with van der Waals surface area (Å²) in [7, 11) is -2.28. The summed E-state index contributed by atoms with van der Waals surface area (Å²) in [6.07, 6.45) is -10.3. The van der Waals surface area contributed by atoms with Crippen LogP contribution in [0.3, 0.4) is 0 Å². The number of aliphatic carboxylic acids is 2. The van der Waals surface area contributed by atoms with E-state index in [0.717, 1.165) is 34.3 Å². The lowest BCUT2D eigenvalue weighted by Crippen LogP contribution is -2.38. The van der Waals surface area contributed by atoms with Gasteiger partial charge in [0, 0.05) is 17.9 Å². The smallest absolute Gasteiger partial charge is 0.490 e. The molecule has 0 radical (unpaired) electrons. The molecule has 0 bridgehead atoms. The van der Waals surface area contributed by atoms with E-state index in [-0.39, 0.29) is 19.1 Å². The molecule has 0 aliphatic heterocycles. The third-order valence-corrected chi connectivity index (χ3v) is 7.41. The first-order valence-electron chi connectivity index (χ1n) is 13.1. The maximum Gasteiger partial charge on any atom is 0.490 e. The van der Waals surface area contributed by atoms with Crippen LogP contribution in [0.25, 0.3) is 11.0 Å². The number of ether oxygens (including phenoxy) is 1. The van der Waals surface area contributed by atoms with Crippen molar-refractivity contribution >= 4 is 41.3 Å². The zero-order chi connectivity index (χ0) is 35.5. The number of hydrogen-bond donors (Lipinski definition) is 4. The van der Waals surface area contributed by atoms with E-state index in [4.69, 9.17) is 30.3 Å². The van der Waals surface area contributed by atoms with Gasteiger partial charge in [0.25, 0.3) is 11.7 Å². The number of carbonyl (C=O) groups is 3. The number of alkyl halides is 6. The molecular formula is C27H33F6N4O8P. The fourth-order valence-electron chi connectivity index (χ4n) is 3.76. The van der Waals surface area contributed by atoms with Crippen molar-refractivity contribution < 1.29 is 69.9 Å². The number of nitrogens with one attached hydrogen (secondary N) is 1. The van der Waals surface area contributed by atoms with E-state index in [0.29, 0.717) is 25.4 Å². The van der Waals surface area contributed by atoms with Gasteiger partial charge >= 0.3 is 18.3 Å². The molecule has 3 aromatic rings. The lowest BCUT2D eigenvalue weighted by molar-refractivity contribution is -0.676. The third kappa shape index (κ3) is 12.3. The Kier molecular flexibility index (Phi) is 14.7. The van der Waals surface area contributed by atoms with E-state index in [1.165, 1.54) is 0 Å². The zero-order valence-corrected chi connectivity index (χ0v) is 25.7. The van der Waals surface area contributed by atoms with Crippen LogP contribution in [0.2, 0.25) is 0 Å². The van der Waals surface area contributed by atoms with E-state index < -0.39 is 31.4 Å². The highest BCUT2D eigenvalue weighted by atomic mass is 31.2. The summed E-state index contributed by atoms with van der Waals surface area (Å²) < 4.78 is 85.2. The van der Waals surface area contributed by atoms with Gasteiger partial charge in [-0.05, 0) is 37.9 Å². The van der Waals surface area contributed by atoms with Crippen LogP contribution in [-0.4, -0.2) is 71.5 Å². The first kappa shape index (κ1) is 39.9. The number of amides is 1. The lowest BCUT2D eigenvalue weighted by Gasteiger charge is -2.10. The predicted octanol–water partition coefficient (Wildman–Crippen LogP) is 1.27. The Morgan fingerprint density at radius 2 is 1.59 bits per heavy atom. The molecule has 19 heteroatoms. The molecule has 0 saturated carbocycles. The quantitative estimate of drug-likeness (QED) is 0.138. The number of carboxylic acid groups (broad SMARTS) is 2. The number of benzene rings is 2. The molecule has 256 valence electrons. The zero-order valence-electron chi connectivity index (χ0n) is 24.8. The molecule has 5 N–H and O–H groups in total. The summed E-state index contributed by atoms with van der Waals surface area (Å²) in [4.78, 5) is 29.9. The molecule has 2 aromatic carbocycles. The van der Waals surface area contributed by atoms with E-state index in [1.54, 1.807) is 13.3 Å². The van der Waals surface area contributed by atoms with Gasteiger partial charge in [-0.1, -0.05) is 24.3 Å². The molecule has 12 nitrogen and oxygen atoms in total. The van der Waals surface area contributed by atoms with E-state index in [9.17, 15) is 40.8 Å². The Morgan fingerprint density at radius 3 is 2.00 bits per heavy atom. The Bertz CT molecular complexity index is 1510. The van der Waals surface area contributed by atoms with Crippen molar-refractivity contribution in [3.05, 3.63) is 53.9 Å². The average Bonchev–Trinajstić information content (AvgIpc) is 3.26. The Balaban J connectivity index is 0.000000629. The minimum Gasteiger partial charge on any atom is -0.542 e. The SMILES string of the molecule is CC[n+]1c(CN)n(CCO)c2cc(OCC(=O)NCc3ccc(P(C)(C)=O)cc3)ccc21.O=C(O)C(F)(F)F.O=C([O-])C(F)(F)F. The number of carbonyl (C=O) groups excluding carboxylic acids is 2. The number of halogens is 6. The van der Waals surface area contributed by atoms with Crippen molar-refractivity contribution in [2.45, 2.75) is 45.5 Å². The molecule has 0 fully saturated rings. The summed E-state index contributed by atoms with van der Waals surface area (Å²) in [6, 6.07) is 13.1. The molecule has 3 rings (SSSR count). The monoisotopic (exact) mass is 686 g/mol. The predicted molar refractivity (Wildman–Crippen MR) is 150 cm³/mol. The number of nitrogens with two attached hydrogens (primary N) is 1. The third-order valence-electron chi connectivity index (χ3n) is 5.87. The van der Waals surface area contributed by atoms with Gasteiger partial charge in [0.05, 0.1) is 19.7 Å². The van der Waals surface area contributed by atoms with Crippen molar-refractivity contribution in [1.82, 2.24) is 9.88 Å². The summed E-state index contributed by atoms with van der Waals surface area (Å²) in [5.41, 5.74) is 8.79. The van der Waals surface area contributed by atoms with Gasteiger partial charge in [-0.25, -0.2) is 13.9 Å². The highest BCUT2D eigenvalue weighted by molar-refractivity contribution is 7.70. The summed E-state index contributed by atoms with van der Waals surface area (Å²) in [5.74, 6) is -4.50. The van der Waals surface area contributed by atoms with Gasteiger partial charge in [-0.3, -0.25) is 4.79 Å². The van der Waals surface area contributed by atoms with Crippen LogP contribution in [0.1, 0.15) is 18.3 Å². The minimum absolute atomic E-state index is 0.00300. The number of fused-ring (bicyclic) bond motifs is 1. The first-order chi connectivity index (χ1) is 21.2. The number of nitrogens with zero attached hydrogens (tertiary/aromatic N) is 2. The second kappa shape index (κ2) is 17.0. The topological polar surface area (TPSA) is 188 Å². The molecule has 46 heavy (non-hydrogen) atoms. The van der Waals surface area contributed by atoms with Gasteiger partial charge in [0.15, 0.2) is 17.6 Å². The van der Waals surface area contributed by atoms with Crippen molar-refractivity contribution in [2.75, 3.05) is 26.5 Å². The maximum atomic E-state index is 12.3. The van der Waals surface area contributed by atoms with Gasteiger partial charge in [0.1, 0.15) is 25.4 Å². The number of imidazole rings is 1. The van der Waals surface area contributed by atoms with Crippen molar-refractivity contribution in [3.63, 3.8) is 0 Å².